The maximum Gasteiger partial charge on any atom is 0.338 e. The zero-order valence-corrected chi connectivity index (χ0v) is 15.1. The molecule has 1 amide bonds. The molecule has 0 unspecified atom stereocenters. The van der Waals surface area contributed by atoms with Gasteiger partial charge in [-0.2, -0.15) is 0 Å². The molecule has 8 heteroatoms. The zero-order valence-electron chi connectivity index (χ0n) is 14.3. The molecule has 1 heterocycles. The topological polar surface area (TPSA) is 108 Å². The summed E-state index contributed by atoms with van der Waals surface area (Å²) in [7, 11) is 0. The van der Waals surface area contributed by atoms with Crippen molar-refractivity contribution in [2.75, 3.05) is 6.61 Å². The van der Waals surface area contributed by atoms with Crippen molar-refractivity contribution in [2.45, 2.75) is 6.92 Å². The number of phenols is 2. The first kappa shape index (κ1) is 18.5. The van der Waals surface area contributed by atoms with Crippen LogP contribution < -0.4 is 5.32 Å². The van der Waals surface area contributed by atoms with Gasteiger partial charge < -0.3 is 20.3 Å². The van der Waals surface area contributed by atoms with Gasteiger partial charge in [0.15, 0.2) is 5.17 Å². The van der Waals surface area contributed by atoms with E-state index in [4.69, 9.17) is 4.74 Å². The molecule has 1 saturated heterocycles. The Labute approximate surface area is 159 Å². The van der Waals surface area contributed by atoms with Crippen LogP contribution in [0.4, 0.5) is 5.69 Å². The maximum atomic E-state index is 12.1. The standard InChI is InChI=1S/C19H16N2O5S/c1-2-26-18(25)11-3-6-13(7-4-11)20-19-21-17(24)16(27-19)9-12-5-8-14(22)10-15(12)23/h3-10,22-23H,2H2,1H3,(H,20,21,24)/b16-9-. The number of aromatic hydroxyl groups is 2. The molecule has 1 aliphatic rings. The molecular formula is C19H16N2O5S. The number of ether oxygens (including phenoxy) is 1. The van der Waals surface area contributed by atoms with Crippen LogP contribution in [0, 0.1) is 0 Å². The van der Waals surface area contributed by atoms with E-state index in [-0.39, 0.29) is 17.4 Å². The van der Waals surface area contributed by atoms with Crippen molar-refractivity contribution in [2.24, 2.45) is 4.99 Å². The first-order chi connectivity index (χ1) is 13.0. The lowest BCUT2D eigenvalue weighted by molar-refractivity contribution is -0.115. The van der Waals surface area contributed by atoms with E-state index >= 15 is 0 Å². The fraction of sp³-hybridized carbons (Fsp3) is 0.105. The van der Waals surface area contributed by atoms with Gasteiger partial charge in [-0.05, 0) is 61.2 Å². The summed E-state index contributed by atoms with van der Waals surface area (Å²) in [5, 5.41) is 22.2. The van der Waals surface area contributed by atoms with E-state index in [0.717, 1.165) is 11.8 Å². The van der Waals surface area contributed by atoms with Crippen molar-refractivity contribution >= 4 is 40.6 Å². The molecule has 2 aromatic rings. The number of carbonyl (C=O) groups is 2. The maximum absolute atomic E-state index is 12.1. The second-order valence-electron chi connectivity index (χ2n) is 5.49. The van der Waals surface area contributed by atoms with Gasteiger partial charge in [-0.1, -0.05) is 0 Å². The molecule has 0 aromatic heterocycles. The first-order valence-electron chi connectivity index (χ1n) is 8.05. The van der Waals surface area contributed by atoms with Crippen molar-refractivity contribution in [1.29, 1.82) is 0 Å². The van der Waals surface area contributed by atoms with Crippen LogP contribution >= 0.6 is 11.8 Å². The van der Waals surface area contributed by atoms with Gasteiger partial charge in [0.2, 0.25) is 0 Å². The van der Waals surface area contributed by atoms with Gasteiger partial charge in [0.05, 0.1) is 22.8 Å². The highest BCUT2D eigenvalue weighted by molar-refractivity contribution is 8.18. The number of nitrogens with zero attached hydrogens (tertiary/aromatic N) is 1. The number of rotatable bonds is 4. The fourth-order valence-electron chi connectivity index (χ4n) is 2.28. The van der Waals surface area contributed by atoms with Crippen molar-refractivity contribution in [3.63, 3.8) is 0 Å². The summed E-state index contributed by atoms with van der Waals surface area (Å²) in [6, 6.07) is 10.6. The van der Waals surface area contributed by atoms with Crippen molar-refractivity contribution in [1.82, 2.24) is 5.32 Å². The highest BCUT2D eigenvalue weighted by Gasteiger charge is 2.24. The minimum absolute atomic E-state index is 0.0632. The fourth-order valence-corrected chi connectivity index (χ4v) is 3.11. The van der Waals surface area contributed by atoms with Crippen molar-refractivity contribution in [3.8, 4) is 11.5 Å². The Balaban J connectivity index is 1.76. The number of hydrogen-bond donors (Lipinski definition) is 3. The molecule has 0 radical (unpaired) electrons. The Hall–Kier alpha value is -3.26. The van der Waals surface area contributed by atoms with E-state index in [2.05, 4.69) is 10.3 Å². The van der Waals surface area contributed by atoms with Gasteiger partial charge in [0, 0.05) is 11.6 Å². The third-order valence-electron chi connectivity index (χ3n) is 3.56. The summed E-state index contributed by atoms with van der Waals surface area (Å²) < 4.78 is 4.92. The van der Waals surface area contributed by atoms with Crippen LogP contribution in [0.3, 0.4) is 0 Å². The molecule has 0 bridgehead atoms. The lowest BCUT2D eigenvalue weighted by Crippen LogP contribution is -2.19. The van der Waals surface area contributed by atoms with Crippen LogP contribution in [0.2, 0.25) is 0 Å². The Bertz CT molecular complexity index is 951. The summed E-state index contributed by atoms with van der Waals surface area (Å²) in [6.07, 6.45) is 1.52. The number of aliphatic imine (C=N–C) groups is 1. The number of nitrogens with one attached hydrogen (secondary N) is 1. The van der Waals surface area contributed by atoms with Crippen LogP contribution in [-0.2, 0) is 9.53 Å². The molecular weight excluding hydrogens is 368 g/mol. The highest BCUT2D eigenvalue weighted by Crippen LogP contribution is 2.31. The molecule has 1 fully saturated rings. The number of thioether (sulfide) groups is 1. The summed E-state index contributed by atoms with van der Waals surface area (Å²) in [6.45, 7) is 2.04. The zero-order chi connectivity index (χ0) is 19.4. The molecule has 2 aromatic carbocycles. The third kappa shape index (κ3) is 4.48. The van der Waals surface area contributed by atoms with Crippen LogP contribution in [0.25, 0.3) is 6.08 Å². The molecule has 0 aliphatic carbocycles. The summed E-state index contributed by atoms with van der Waals surface area (Å²) in [5.41, 5.74) is 1.40. The van der Waals surface area contributed by atoms with E-state index < -0.39 is 5.97 Å². The Kier molecular flexibility index (Phi) is 5.46. The molecule has 0 spiro atoms. The van der Waals surface area contributed by atoms with Gasteiger partial charge in [-0.3, -0.25) is 4.79 Å². The molecule has 7 nitrogen and oxygen atoms in total. The van der Waals surface area contributed by atoms with E-state index in [1.807, 2.05) is 0 Å². The van der Waals surface area contributed by atoms with Crippen LogP contribution in [0.1, 0.15) is 22.8 Å². The summed E-state index contributed by atoms with van der Waals surface area (Å²) in [5.74, 6) is -0.934. The Morgan fingerprint density at radius 3 is 2.63 bits per heavy atom. The van der Waals surface area contributed by atoms with Gasteiger partial charge in [0.1, 0.15) is 11.5 Å². The number of esters is 1. The number of amidine groups is 1. The molecule has 0 atom stereocenters. The molecule has 1 aliphatic heterocycles. The number of phenolic OH excluding ortho intramolecular Hbond substituents is 2. The summed E-state index contributed by atoms with van der Waals surface area (Å²) >= 11 is 1.13. The second-order valence-corrected chi connectivity index (χ2v) is 6.52. The summed E-state index contributed by atoms with van der Waals surface area (Å²) in [4.78, 5) is 28.4. The quantitative estimate of drug-likeness (QED) is 0.552. The normalized spacial score (nSPS) is 16.6. The predicted octanol–water partition coefficient (Wildman–Crippen LogP) is 3.17. The SMILES string of the molecule is CCOC(=O)c1ccc(N=C2NC(=O)/C(=C/c3ccc(O)cc3O)S2)cc1. The average Bonchev–Trinajstić information content (AvgIpc) is 2.97. The molecule has 3 rings (SSSR count). The van der Waals surface area contributed by atoms with E-state index in [1.54, 1.807) is 31.2 Å². The molecule has 0 saturated carbocycles. The number of amides is 1. The second kappa shape index (κ2) is 7.96. The number of carbonyl (C=O) groups excluding carboxylic acids is 2. The van der Waals surface area contributed by atoms with Crippen molar-refractivity contribution < 1.29 is 24.5 Å². The lowest BCUT2D eigenvalue weighted by atomic mass is 10.2. The smallest absolute Gasteiger partial charge is 0.338 e. The predicted molar refractivity (Wildman–Crippen MR) is 103 cm³/mol. The van der Waals surface area contributed by atoms with Crippen molar-refractivity contribution in [3.05, 3.63) is 58.5 Å². The Morgan fingerprint density at radius 2 is 1.96 bits per heavy atom. The minimum Gasteiger partial charge on any atom is -0.508 e. The highest BCUT2D eigenvalue weighted by atomic mass is 32.2. The van der Waals surface area contributed by atoms with Gasteiger partial charge >= 0.3 is 5.97 Å². The monoisotopic (exact) mass is 384 g/mol. The molecule has 27 heavy (non-hydrogen) atoms. The average molecular weight is 384 g/mol. The van der Waals surface area contributed by atoms with Crippen LogP contribution in [0.5, 0.6) is 11.5 Å². The molecule has 138 valence electrons. The third-order valence-corrected chi connectivity index (χ3v) is 4.47. The van der Waals surface area contributed by atoms with Gasteiger partial charge in [-0.25, -0.2) is 9.79 Å². The largest absolute Gasteiger partial charge is 0.508 e. The Morgan fingerprint density at radius 1 is 1.22 bits per heavy atom. The first-order valence-corrected chi connectivity index (χ1v) is 8.86. The van der Waals surface area contributed by atoms with Gasteiger partial charge in [0.25, 0.3) is 5.91 Å². The van der Waals surface area contributed by atoms with E-state index in [9.17, 15) is 19.8 Å². The van der Waals surface area contributed by atoms with Crippen LogP contribution in [-0.4, -0.2) is 33.9 Å². The number of benzene rings is 2. The number of hydrogen-bond acceptors (Lipinski definition) is 7. The van der Waals surface area contributed by atoms with Gasteiger partial charge in [-0.15, -0.1) is 0 Å². The molecule has 3 N–H and O–H groups in total. The minimum atomic E-state index is -0.404. The lowest BCUT2D eigenvalue weighted by Gasteiger charge is -2.02. The van der Waals surface area contributed by atoms with E-state index in [0.29, 0.717) is 33.5 Å². The van der Waals surface area contributed by atoms with Crippen LogP contribution in [0.15, 0.2) is 52.4 Å². The van der Waals surface area contributed by atoms with E-state index in [1.165, 1.54) is 24.3 Å².